The number of alkyl halides is 1. The molecule has 0 amide bonds. The maximum absolute atomic E-state index is 13.9. The van der Waals surface area contributed by atoms with Crippen LogP contribution in [0.3, 0.4) is 0 Å². The molecule has 0 saturated heterocycles. The van der Waals surface area contributed by atoms with Crippen molar-refractivity contribution in [2.45, 2.75) is 26.4 Å². The second-order valence-electron chi connectivity index (χ2n) is 4.29. The predicted molar refractivity (Wildman–Crippen MR) is 63.7 cm³/mol. The van der Waals surface area contributed by atoms with Crippen molar-refractivity contribution in [2.75, 3.05) is 14.2 Å². The Morgan fingerprint density at radius 2 is 1.82 bits per heavy atom. The molecule has 0 aliphatic rings. The molecule has 1 rings (SSSR count). The summed E-state index contributed by atoms with van der Waals surface area (Å²) in [6.45, 7) is 4.27. The van der Waals surface area contributed by atoms with Gasteiger partial charge in [-0.3, -0.25) is 4.79 Å². The number of methoxy groups -OCH3 is 2. The van der Waals surface area contributed by atoms with E-state index in [1.54, 1.807) is 6.07 Å². The molecule has 0 N–H and O–H groups in total. The fraction of sp³-hybridized carbons (Fsp3) is 0.462. The van der Waals surface area contributed by atoms with Crippen molar-refractivity contribution in [3.8, 4) is 11.5 Å². The van der Waals surface area contributed by atoms with Crippen LogP contribution in [0.2, 0.25) is 0 Å². The molecule has 0 unspecified atom stereocenters. The Kier molecular flexibility index (Phi) is 3.76. The molecule has 17 heavy (non-hydrogen) atoms. The molecular weight excluding hydrogens is 223 g/mol. The minimum Gasteiger partial charge on any atom is -0.493 e. The van der Waals surface area contributed by atoms with Gasteiger partial charge in [0.2, 0.25) is 0 Å². The molecule has 0 fully saturated rings. The number of benzene rings is 1. The van der Waals surface area contributed by atoms with Crippen molar-refractivity contribution in [1.29, 1.82) is 0 Å². The monoisotopic (exact) mass is 240 g/mol. The average molecular weight is 240 g/mol. The van der Waals surface area contributed by atoms with Crippen LogP contribution in [0.25, 0.3) is 0 Å². The molecule has 1 aromatic rings. The summed E-state index contributed by atoms with van der Waals surface area (Å²) in [5.74, 6) is 0.514. The van der Waals surface area contributed by atoms with Crippen LogP contribution < -0.4 is 9.47 Å². The molecule has 0 spiro atoms. The van der Waals surface area contributed by atoms with E-state index in [2.05, 4.69) is 0 Å². The van der Waals surface area contributed by atoms with Crippen molar-refractivity contribution in [1.82, 2.24) is 0 Å². The highest BCUT2D eigenvalue weighted by Crippen LogP contribution is 2.37. The third kappa shape index (κ3) is 2.75. The number of carbonyl (C=O) groups excluding carboxylic acids is 1. The van der Waals surface area contributed by atoms with E-state index in [0.29, 0.717) is 22.6 Å². The van der Waals surface area contributed by atoms with Gasteiger partial charge in [0.15, 0.2) is 17.3 Å². The Bertz CT molecular complexity index is 433. The zero-order valence-electron chi connectivity index (χ0n) is 10.8. The van der Waals surface area contributed by atoms with Crippen molar-refractivity contribution in [3.05, 3.63) is 23.3 Å². The van der Waals surface area contributed by atoms with Crippen molar-refractivity contribution in [2.24, 2.45) is 0 Å². The molecule has 0 radical (unpaired) electrons. The standard InChI is InChI=1S/C13H17FO3/c1-8(15)10-6-9(13(2,3)14)7-11(16-4)12(10)17-5/h6-7H,1-5H3. The number of hydrogen-bond donors (Lipinski definition) is 0. The number of rotatable bonds is 4. The lowest BCUT2D eigenvalue weighted by Gasteiger charge is -2.19. The van der Waals surface area contributed by atoms with Crippen LogP contribution in [0, 0.1) is 0 Å². The van der Waals surface area contributed by atoms with E-state index in [0.717, 1.165) is 0 Å². The summed E-state index contributed by atoms with van der Waals surface area (Å²) >= 11 is 0. The van der Waals surface area contributed by atoms with Gasteiger partial charge >= 0.3 is 0 Å². The number of hydrogen-bond acceptors (Lipinski definition) is 3. The highest BCUT2D eigenvalue weighted by Gasteiger charge is 2.24. The van der Waals surface area contributed by atoms with Crippen molar-refractivity contribution in [3.63, 3.8) is 0 Å². The first-order chi connectivity index (χ1) is 7.81. The first-order valence-electron chi connectivity index (χ1n) is 5.27. The van der Waals surface area contributed by atoms with E-state index < -0.39 is 5.67 Å². The zero-order valence-corrected chi connectivity index (χ0v) is 10.8. The summed E-state index contributed by atoms with van der Waals surface area (Å²) < 4.78 is 24.2. The van der Waals surface area contributed by atoms with Crippen LogP contribution in [0.1, 0.15) is 36.7 Å². The van der Waals surface area contributed by atoms with Gasteiger partial charge in [0, 0.05) is 0 Å². The third-order valence-corrected chi connectivity index (χ3v) is 2.54. The normalized spacial score (nSPS) is 11.2. The van der Waals surface area contributed by atoms with Gasteiger partial charge in [-0.2, -0.15) is 0 Å². The molecule has 3 nitrogen and oxygen atoms in total. The quantitative estimate of drug-likeness (QED) is 0.758. The van der Waals surface area contributed by atoms with Gasteiger partial charge in [-0.15, -0.1) is 0 Å². The molecule has 0 aliphatic carbocycles. The maximum Gasteiger partial charge on any atom is 0.171 e. The van der Waals surface area contributed by atoms with E-state index in [-0.39, 0.29) is 5.78 Å². The van der Waals surface area contributed by atoms with Gasteiger partial charge in [-0.05, 0) is 38.5 Å². The molecule has 0 saturated carbocycles. The lowest BCUT2D eigenvalue weighted by molar-refractivity contribution is 0.101. The summed E-state index contributed by atoms with van der Waals surface area (Å²) in [5.41, 5.74) is -0.822. The van der Waals surface area contributed by atoms with Crippen LogP contribution in [0.5, 0.6) is 11.5 Å². The van der Waals surface area contributed by atoms with Gasteiger partial charge in [0.05, 0.1) is 19.8 Å². The van der Waals surface area contributed by atoms with E-state index in [1.807, 2.05) is 0 Å². The second-order valence-corrected chi connectivity index (χ2v) is 4.29. The molecule has 0 aliphatic heterocycles. The van der Waals surface area contributed by atoms with Gasteiger partial charge in [-0.25, -0.2) is 4.39 Å². The van der Waals surface area contributed by atoms with Crippen LogP contribution in [0.4, 0.5) is 4.39 Å². The van der Waals surface area contributed by atoms with Gasteiger partial charge in [-0.1, -0.05) is 0 Å². The van der Waals surface area contributed by atoms with E-state index >= 15 is 0 Å². The van der Waals surface area contributed by atoms with Crippen LogP contribution in [-0.2, 0) is 5.67 Å². The molecule has 0 heterocycles. The Labute approximate surface area is 101 Å². The third-order valence-electron chi connectivity index (χ3n) is 2.54. The van der Waals surface area contributed by atoms with E-state index in [9.17, 15) is 9.18 Å². The Morgan fingerprint density at radius 1 is 1.24 bits per heavy atom. The fourth-order valence-electron chi connectivity index (χ4n) is 1.57. The Balaban J connectivity index is 3.51. The van der Waals surface area contributed by atoms with Gasteiger partial charge < -0.3 is 9.47 Å². The van der Waals surface area contributed by atoms with Gasteiger partial charge in [0.25, 0.3) is 0 Å². The highest BCUT2D eigenvalue weighted by molar-refractivity contribution is 5.98. The number of ether oxygens (including phenoxy) is 2. The molecule has 94 valence electrons. The second kappa shape index (κ2) is 4.73. The van der Waals surface area contributed by atoms with E-state index in [1.165, 1.54) is 41.1 Å². The summed E-state index contributed by atoms with van der Waals surface area (Å²) in [4.78, 5) is 11.5. The number of Topliss-reactive ketones (excluding diaryl/α,β-unsaturated/α-hetero) is 1. The summed E-state index contributed by atoms with van der Waals surface area (Å²) in [7, 11) is 2.90. The molecule has 0 bridgehead atoms. The number of halogens is 1. The topological polar surface area (TPSA) is 35.5 Å². The molecule has 0 atom stereocenters. The molecule has 4 heteroatoms. The van der Waals surface area contributed by atoms with Gasteiger partial charge in [0.1, 0.15) is 5.67 Å². The zero-order chi connectivity index (χ0) is 13.2. The predicted octanol–water partition coefficient (Wildman–Crippen LogP) is 3.11. The van der Waals surface area contributed by atoms with E-state index in [4.69, 9.17) is 9.47 Å². The van der Waals surface area contributed by atoms with Crippen LogP contribution >= 0.6 is 0 Å². The first kappa shape index (κ1) is 13.5. The Hall–Kier alpha value is -1.58. The minimum absolute atomic E-state index is 0.189. The molecule has 1 aromatic carbocycles. The highest BCUT2D eigenvalue weighted by atomic mass is 19.1. The van der Waals surface area contributed by atoms with Crippen LogP contribution in [0.15, 0.2) is 12.1 Å². The molecular formula is C13H17FO3. The smallest absolute Gasteiger partial charge is 0.171 e. The number of carbonyl (C=O) groups is 1. The minimum atomic E-state index is -1.54. The van der Waals surface area contributed by atoms with Crippen molar-refractivity contribution >= 4 is 5.78 Å². The number of ketones is 1. The lowest BCUT2D eigenvalue weighted by atomic mass is 9.96. The fourth-order valence-corrected chi connectivity index (χ4v) is 1.57. The summed E-state index contributed by atoms with van der Waals surface area (Å²) in [5, 5.41) is 0. The average Bonchev–Trinajstić information content (AvgIpc) is 2.25. The summed E-state index contributed by atoms with van der Waals surface area (Å²) in [6, 6.07) is 3.05. The summed E-state index contributed by atoms with van der Waals surface area (Å²) in [6.07, 6.45) is 0. The SMILES string of the molecule is COc1cc(C(C)(C)F)cc(C(C)=O)c1OC. The van der Waals surface area contributed by atoms with Crippen LogP contribution in [-0.4, -0.2) is 20.0 Å². The van der Waals surface area contributed by atoms with Crippen molar-refractivity contribution < 1.29 is 18.7 Å². The largest absolute Gasteiger partial charge is 0.493 e. The lowest BCUT2D eigenvalue weighted by Crippen LogP contribution is -2.12. The maximum atomic E-state index is 13.9. The Morgan fingerprint density at radius 3 is 2.18 bits per heavy atom. The molecule has 0 aromatic heterocycles. The first-order valence-corrected chi connectivity index (χ1v) is 5.27.